The molecular weight excluding hydrogens is 252 g/mol. The minimum Gasteiger partial charge on any atom is -0.469 e. The van der Waals surface area contributed by atoms with Crippen molar-refractivity contribution < 1.29 is 9.53 Å². The van der Waals surface area contributed by atoms with Gasteiger partial charge in [0.25, 0.3) is 0 Å². The summed E-state index contributed by atoms with van der Waals surface area (Å²) in [7, 11) is 1.37. The summed E-state index contributed by atoms with van der Waals surface area (Å²) >= 11 is 3.19. The van der Waals surface area contributed by atoms with Gasteiger partial charge in [0.05, 0.1) is 7.11 Å². The SMILES string of the molecule is COC(=O)CCCn1nc(N)nc1Br. The van der Waals surface area contributed by atoms with Gasteiger partial charge in [0.15, 0.2) is 4.73 Å². The molecule has 0 fully saturated rings. The van der Waals surface area contributed by atoms with Crippen LogP contribution in [-0.2, 0) is 16.1 Å². The predicted molar refractivity (Wildman–Crippen MR) is 53.4 cm³/mol. The van der Waals surface area contributed by atoms with Crippen molar-refractivity contribution in [2.45, 2.75) is 19.4 Å². The Morgan fingerprint density at radius 1 is 1.71 bits per heavy atom. The van der Waals surface area contributed by atoms with E-state index in [1.165, 1.54) is 7.11 Å². The van der Waals surface area contributed by atoms with Crippen molar-refractivity contribution in [3.63, 3.8) is 0 Å². The molecule has 1 aromatic rings. The lowest BCUT2D eigenvalue weighted by Crippen LogP contribution is -2.05. The lowest BCUT2D eigenvalue weighted by molar-refractivity contribution is -0.140. The molecule has 0 saturated heterocycles. The fourth-order valence-corrected chi connectivity index (χ4v) is 1.40. The highest BCUT2D eigenvalue weighted by atomic mass is 79.9. The molecule has 0 spiro atoms. The molecule has 1 heterocycles. The standard InChI is InChI=1S/C7H11BrN4O2/c1-14-5(13)3-2-4-12-6(8)10-7(9)11-12/h2-4H2,1H3,(H2,9,11). The highest BCUT2D eigenvalue weighted by Gasteiger charge is 2.05. The Morgan fingerprint density at radius 3 is 2.93 bits per heavy atom. The Hall–Kier alpha value is -1.11. The van der Waals surface area contributed by atoms with E-state index in [9.17, 15) is 4.79 Å². The van der Waals surface area contributed by atoms with E-state index in [0.29, 0.717) is 24.1 Å². The van der Waals surface area contributed by atoms with Gasteiger partial charge in [-0.05, 0) is 22.4 Å². The van der Waals surface area contributed by atoms with Crippen LogP contribution in [0.1, 0.15) is 12.8 Å². The van der Waals surface area contributed by atoms with Crippen molar-refractivity contribution in [2.24, 2.45) is 0 Å². The van der Waals surface area contributed by atoms with Crippen molar-refractivity contribution in [2.75, 3.05) is 12.8 Å². The van der Waals surface area contributed by atoms with Crippen LogP contribution in [0.15, 0.2) is 4.73 Å². The van der Waals surface area contributed by atoms with Crippen molar-refractivity contribution in [1.82, 2.24) is 14.8 Å². The molecule has 0 amide bonds. The van der Waals surface area contributed by atoms with E-state index >= 15 is 0 Å². The summed E-state index contributed by atoms with van der Waals surface area (Å²) in [5, 5.41) is 3.92. The van der Waals surface area contributed by atoms with Crippen molar-refractivity contribution in [3.05, 3.63) is 4.73 Å². The minimum atomic E-state index is -0.228. The average Bonchev–Trinajstić information content (AvgIpc) is 2.45. The molecule has 7 heteroatoms. The summed E-state index contributed by atoms with van der Waals surface area (Å²) < 4.78 is 6.67. The monoisotopic (exact) mass is 262 g/mol. The fourth-order valence-electron chi connectivity index (χ4n) is 0.957. The molecule has 0 radical (unpaired) electrons. The van der Waals surface area contributed by atoms with Gasteiger partial charge in [-0.25, -0.2) is 4.68 Å². The van der Waals surface area contributed by atoms with E-state index < -0.39 is 0 Å². The predicted octanol–water partition coefficient (Wildman–Crippen LogP) is 0.576. The number of esters is 1. The van der Waals surface area contributed by atoms with E-state index in [2.05, 4.69) is 30.7 Å². The maximum atomic E-state index is 10.8. The Labute approximate surface area is 89.6 Å². The van der Waals surface area contributed by atoms with Crippen LogP contribution in [0.4, 0.5) is 5.95 Å². The van der Waals surface area contributed by atoms with E-state index in [4.69, 9.17) is 5.73 Å². The average molecular weight is 263 g/mol. The highest BCUT2D eigenvalue weighted by molar-refractivity contribution is 9.10. The van der Waals surface area contributed by atoms with Crippen LogP contribution in [0.25, 0.3) is 0 Å². The van der Waals surface area contributed by atoms with Gasteiger partial charge in [-0.2, -0.15) is 4.98 Å². The maximum Gasteiger partial charge on any atom is 0.305 e. The molecule has 0 saturated carbocycles. The number of ether oxygens (including phenoxy) is 1. The molecule has 78 valence electrons. The Kier molecular flexibility index (Phi) is 3.87. The van der Waals surface area contributed by atoms with E-state index in [-0.39, 0.29) is 11.9 Å². The van der Waals surface area contributed by atoms with Gasteiger partial charge in [-0.1, -0.05) is 0 Å². The van der Waals surface area contributed by atoms with Crippen LogP contribution in [0.5, 0.6) is 0 Å². The first-order valence-corrected chi connectivity index (χ1v) is 4.85. The summed E-state index contributed by atoms with van der Waals surface area (Å²) in [6.45, 7) is 0.583. The van der Waals surface area contributed by atoms with Gasteiger partial charge in [0.1, 0.15) is 0 Å². The second-order valence-electron chi connectivity index (χ2n) is 2.64. The number of aromatic nitrogens is 3. The maximum absolute atomic E-state index is 10.8. The second kappa shape index (κ2) is 4.94. The van der Waals surface area contributed by atoms with E-state index in [0.717, 1.165) is 0 Å². The number of carbonyl (C=O) groups excluding carboxylic acids is 1. The molecule has 0 aliphatic carbocycles. The number of methoxy groups -OCH3 is 1. The molecule has 0 aliphatic rings. The number of aryl methyl sites for hydroxylation is 1. The third kappa shape index (κ3) is 2.99. The normalized spacial score (nSPS) is 10.1. The van der Waals surface area contributed by atoms with Crippen molar-refractivity contribution >= 4 is 27.8 Å². The third-order valence-corrected chi connectivity index (χ3v) is 2.21. The molecule has 14 heavy (non-hydrogen) atoms. The van der Waals surface area contributed by atoms with Crippen LogP contribution >= 0.6 is 15.9 Å². The highest BCUT2D eigenvalue weighted by Crippen LogP contribution is 2.09. The Morgan fingerprint density at radius 2 is 2.43 bits per heavy atom. The van der Waals surface area contributed by atoms with Crippen molar-refractivity contribution in [3.8, 4) is 0 Å². The molecule has 1 aromatic heterocycles. The quantitative estimate of drug-likeness (QED) is 0.803. The van der Waals surface area contributed by atoms with Crippen LogP contribution in [0.3, 0.4) is 0 Å². The van der Waals surface area contributed by atoms with E-state index in [1.807, 2.05) is 0 Å². The van der Waals surface area contributed by atoms with Crippen LogP contribution < -0.4 is 5.73 Å². The van der Waals surface area contributed by atoms with Crippen LogP contribution in [0, 0.1) is 0 Å². The number of hydrogen-bond acceptors (Lipinski definition) is 5. The molecule has 0 aliphatic heterocycles. The summed E-state index contributed by atoms with van der Waals surface area (Å²) in [6.07, 6.45) is 1.01. The van der Waals surface area contributed by atoms with Crippen LogP contribution in [-0.4, -0.2) is 27.8 Å². The number of nitrogens with two attached hydrogens (primary N) is 1. The second-order valence-corrected chi connectivity index (χ2v) is 3.35. The third-order valence-electron chi connectivity index (χ3n) is 1.62. The lowest BCUT2D eigenvalue weighted by atomic mass is 10.3. The van der Waals surface area contributed by atoms with Gasteiger partial charge in [0.2, 0.25) is 5.95 Å². The number of rotatable bonds is 4. The first-order chi connectivity index (χ1) is 6.63. The number of anilines is 1. The summed E-state index contributed by atoms with van der Waals surface area (Å²) in [6, 6.07) is 0. The van der Waals surface area contributed by atoms with Gasteiger partial charge < -0.3 is 10.5 Å². The molecule has 2 N–H and O–H groups in total. The largest absolute Gasteiger partial charge is 0.469 e. The van der Waals surface area contributed by atoms with Crippen LogP contribution in [0.2, 0.25) is 0 Å². The van der Waals surface area contributed by atoms with E-state index in [1.54, 1.807) is 4.68 Å². The summed E-state index contributed by atoms with van der Waals surface area (Å²) in [5.74, 6) is -0.0100. The number of halogens is 1. The molecule has 0 unspecified atom stereocenters. The zero-order valence-corrected chi connectivity index (χ0v) is 9.32. The Balaban J connectivity index is 2.38. The first-order valence-electron chi connectivity index (χ1n) is 4.06. The van der Waals surface area contributed by atoms with Gasteiger partial charge in [0, 0.05) is 13.0 Å². The fraction of sp³-hybridized carbons (Fsp3) is 0.571. The summed E-state index contributed by atoms with van der Waals surface area (Å²) in [4.78, 5) is 14.6. The number of nitrogen functional groups attached to an aromatic ring is 1. The topological polar surface area (TPSA) is 83.0 Å². The van der Waals surface area contributed by atoms with Crippen molar-refractivity contribution in [1.29, 1.82) is 0 Å². The molecular formula is C7H11BrN4O2. The number of carbonyl (C=O) groups is 1. The zero-order chi connectivity index (χ0) is 10.6. The zero-order valence-electron chi connectivity index (χ0n) is 7.73. The summed E-state index contributed by atoms with van der Waals surface area (Å²) in [5.41, 5.74) is 5.37. The molecule has 0 bridgehead atoms. The van der Waals surface area contributed by atoms with Gasteiger partial charge in [-0.15, -0.1) is 5.10 Å². The number of nitrogens with zero attached hydrogens (tertiary/aromatic N) is 3. The molecule has 6 nitrogen and oxygen atoms in total. The molecule has 0 atom stereocenters. The number of hydrogen-bond donors (Lipinski definition) is 1. The lowest BCUT2D eigenvalue weighted by Gasteiger charge is -2.00. The molecule has 1 rings (SSSR count). The smallest absolute Gasteiger partial charge is 0.305 e. The minimum absolute atomic E-state index is 0.218. The molecule has 0 aromatic carbocycles. The Bertz CT molecular complexity index is 325. The van der Waals surface area contributed by atoms with Gasteiger partial charge in [-0.3, -0.25) is 4.79 Å². The first kappa shape index (κ1) is 11.0. The van der Waals surface area contributed by atoms with Gasteiger partial charge >= 0.3 is 5.97 Å².